The van der Waals surface area contributed by atoms with Gasteiger partial charge in [0.15, 0.2) is 11.5 Å². The van der Waals surface area contributed by atoms with E-state index >= 15 is 0 Å². The Labute approximate surface area is 121 Å². The van der Waals surface area contributed by atoms with Crippen LogP contribution in [0.1, 0.15) is 5.56 Å². The molecule has 0 saturated heterocycles. The first-order valence-electron chi connectivity index (χ1n) is 6.62. The van der Waals surface area contributed by atoms with Crippen LogP contribution in [-0.2, 0) is 0 Å². The number of aromatic nitrogens is 4. The first kappa shape index (κ1) is 13.3. The Morgan fingerprint density at radius 3 is 2.86 bits per heavy atom. The molecule has 0 saturated carbocycles. The van der Waals surface area contributed by atoms with E-state index in [9.17, 15) is 5.11 Å². The summed E-state index contributed by atoms with van der Waals surface area (Å²) in [6, 6.07) is 9.79. The van der Waals surface area contributed by atoms with E-state index in [2.05, 4.69) is 25.3 Å². The average molecular weight is 281 g/mol. The minimum atomic E-state index is -0.00502. The molecule has 0 radical (unpaired) electrons. The molecule has 0 unspecified atom stereocenters. The second kappa shape index (κ2) is 6.15. The molecule has 1 aromatic carbocycles. The highest BCUT2D eigenvalue weighted by Gasteiger charge is 2.04. The van der Waals surface area contributed by atoms with Gasteiger partial charge in [0.2, 0.25) is 0 Å². The van der Waals surface area contributed by atoms with Crippen molar-refractivity contribution in [3.8, 4) is 0 Å². The summed E-state index contributed by atoms with van der Waals surface area (Å²) >= 11 is 0. The van der Waals surface area contributed by atoms with Crippen LogP contribution in [0.4, 0.5) is 5.82 Å². The van der Waals surface area contributed by atoms with Crippen LogP contribution in [0.2, 0.25) is 0 Å². The smallest absolute Gasteiger partial charge is 0.182 e. The van der Waals surface area contributed by atoms with Crippen molar-refractivity contribution in [2.24, 2.45) is 0 Å². The van der Waals surface area contributed by atoms with Crippen LogP contribution < -0.4 is 5.32 Å². The number of fused-ring (bicyclic) bond motifs is 1. The molecule has 0 aliphatic carbocycles. The molecule has 0 aliphatic heterocycles. The number of H-pyrrole nitrogens is 1. The summed E-state index contributed by atoms with van der Waals surface area (Å²) in [4.78, 5) is 15.3. The van der Waals surface area contributed by atoms with Gasteiger partial charge in [-0.1, -0.05) is 36.4 Å². The number of nitrogens with zero attached hydrogens (tertiary/aromatic N) is 3. The lowest BCUT2D eigenvalue weighted by molar-refractivity contribution is 0.350. The molecule has 3 rings (SSSR count). The summed E-state index contributed by atoms with van der Waals surface area (Å²) in [5.41, 5.74) is 3.28. The highest BCUT2D eigenvalue weighted by Crippen LogP contribution is 2.15. The van der Waals surface area contributed by atoms with Crippen molar-refractivity contribution >= 4 is 22.6 Å². The first-order chi connectivity index (χ1) is 10.4. The Morgan fingerprint density at radius 1 is 1.19 bits per heavy atom. The number of anilines is 1. The van der Waals surface area contributed by atoms with Crippen LogP contribution >= 0.6 is 0 Å². The highest BCUT2D eigenvalue weighted by molar-refractivity contribution is 5.82. The van der Waals surface area contributed by atoms with Gasteiger partial charge in [-0.15, -0.1) is 0 Å². The number of imidazole rings is 1. The zero-order chi connectivity index (χ0) is 14.5. The van der Waals surface area contributed by atoms with Gasteiger partial charge in [-0.05, 0) is 11.1 Å². The van der Waals surface area contributed by atoms with Crippen molar-refractivity contribution in [3.63, 3.8) is 0 Å². The third-order valence-electron chi connectivity index (χ3n) is 3.16. The van der Waals surface area contributed by atoms with Gasteiger partial charge in [0, 0.05) is 6.54 Å². The molecular formula is C15H15N5O. The fraction of sp³-hybridized carbons (Fsp3) is 0.133. The molecule has 0 aliphatic rings. The predicted octanol–water partition coefficient (Wildman–Crippen LogP) is 1.84. The monoisotopic (exact) mass is 281 g/mol. The predicted molar refractivity (Wildman–Crippen MR) is 81.7 cm³/mol. The Hall–Kier alpha value is -2.73. The molecule has 0 atom stereocenters. The molecule has 2 aromatic heterocycles. The van der Waals surface area contributed by atoms with Gasteiger partial charge in [-0.3, -0.25) is 0 Å². The zero-order valence-electron chi connectivity index (χ0n) is 11.3. The minimum Gasteiger partial charge on any atom is -0.392 e. The van der Waals surface area contributed by atoms with Gasteiger partial charge < -0.3 is 15.4 Å². The normalized spacial score (nSPS) is 11.8. The summed E-state index contributed by atoms with van der Waals surface area (Å²) in [6.07, 6.45) is 5.00. The van der Waals surface area contributed by atoms with E-state index < -0.39 is 0 Å². The van der Waals surface area contributed by atoms with Crippen LogP contribution in [0.25, 0.3) is 16.7 Å². The molecule has 3 aromatic rings. The Morgan fingerprint density at radius 2 is 2.05 bits per heavy atom. The third kappa shape index (κ3) is 2.90. The molecule has 0 bridgehead atoms. The second-order valence-electron chi connectivity index (χ2n) is 4.46. The first-order valence-corrected chi connectivity index (χ1v) is 6.62. The molecule has 0 amide bonds. The lowest BCUT2D eigenvalue weighted by atomic mass is 10.1. The SMILES string of the molecule is OC/C(=C/CNc1ncnc2nc[nH]c12)c1ccccc1. The fourth-order valence-electron chi connectivity index (χ4n) is 2.10. The van der Waals surface area contributed by atoms with Gasteiger partial charge in [-0.25, -0.2) is 15.0 Å². The Bertz CT molecular complexity index is 751. The van der Waals surface area contributed by atoms with E-state index in [0.29, 0.717) is 18.0 Å². The van der Waals surface area contributed by atoms with Crippen molar-refractivity contribution in [2.45, 2.75) is 0 Å². The number of hydrogen-bond acceptors (Lipinski definition) is 5. The van der Waals surface area contributed by atoms with Crippen molar-refractivity contribution in [3.05, 3.63) is 54.6 Å². The van der Waals surface area contributed by atoms with Crippen molar-refractivity contribution in [1.82, 2.24) is 19.9 Å². The molecule has 0 fully saturated rings. The van der Waals surface area contributed by atoms with Gasteiger partial charge >= 0.3 is 0 Å². The molecular weight excluding hydrogens is 266 g/mol. The van der Waals surface area contributed by atoms with Crippen molar-refractivity contribution in [2.75, 3.05) is 18.5 Å². The quantitative estimate of drug-likeness (QED) is 0.664. The molecule has 0 spiro atoms. The molecule has 21 heavy (non-hydrogen) atoms. The number of aromatic amines is 1. The van der Waals surface area contributed by atoms with Gasteiger partial charge in [-0.2, -0.15) is 0 Å². The summed E-state index contributed by atoms with van der Waals surface area (Å²) in [5.74, 6) is 0.694. The maximum absolute atomic E-state index is 9.48. The van der Waals surface area contributed by atoms with Crippen LogP contribution in [0.15, 0.2) is 49.1 Å². The molecule has 2 heterocycles. The number of rotatable bonds is 5. The Balaban J connectivity index is 1.75. The standard InChI is InChI=1S/C15H15N5O/c21-8-12(11-4-2-1-3-5-11)6-7-16-14-13-15(18-9-17-13)20-10-19-14/h1-6,9-10,21H,7-8H2,(H2,16,17,18,19,20)/b12-6-. The second-order valence-corrected chi connectivity index (χ2v) is 4.46. The van der Waals surface area contributed by atoms with Gasteiger partial charge in [0.05, 0.1) is 12.9 Å². The summed E-state index contributed by atoms with van der Waals surface area (Å²) in [7, 11) is 0. The Kier molecular flexibility index (Phi) is 3.88. The van der Waals surface area contributed by atoms with E-state index in [1.165, 1.54) is 6.33 Å². The van der Waals surface area contributed by atoms with E-state index in [0.717, 1.165) is 16.7 Å². The topological polar surface area (TPSA) is 86.7 Å². The van der Waals surface area contributed by atoms with E-state index in [1.54, 1.807) is 6.33 Å². The largest absolute Gasteiger partial charge is 0.392 e. The van der Waals surface area contributed by atoms with Crippen LogP contribution in [0, 0.1) is 0 Å². The fourth-order valence-corrected chi connectivity index (χ4v) is 2.10. The van der Waals surface area contributed by atoms with E-state index in [-0.39, 0.29) is 6.61 Å². The summed E-state index contributed by atoms with van der Waals surface area (Å²) < 4.78 is 0. The molecule has 106 valence electrons. The molecule has 3 N–H and O–H groups in total. The number of aliphatic hydroxyl groups excluding tert-OH is 1. The zero-order valence-corrected chi connectivity index (χ0v) is 11.3. The van der Waals surface area contributed by atoms with Crippen molar-refractivity contribution < 1.29 is 5.11 Å². The van der Waals surface area contributed by atoms with Crippen LogP contribution in [-0.4, -0.2) is 38.2 Å². The van der Waals surface area contributed by atoms with Crippen LogP contribution in [0.3, 0.4) is 0 Å². The van der Waals surface area contributed by atoms with E-state index in [1.807, 2.05) is 36.4 Å². The average Bonchev–Trinajstić information content (AvgIpc) is 3.02. The highest BCUT2D eigenvalue weighted by atomic mass is 16.3. The maximum Gasteiger partial charge on any atom is 0.182 e. The minimum absolute atomic E-state index is 0.00502. The third-order valence-corrected chi connectivity index (χ3v) is 3.16. The van der Waals surface area contributed by atoms with Crippen LogP contribution in [0.5, 0.6) is 0 Å². The lowest BCUT2D eigenvalue weighted by Crippen LogP contribution is -2.03. The van der Waals surface area contributed by atoms with E-state index in [4.69, 9.17) is 0 Å². The van der Waals surface area contributed by atoms with Gasteiger partial charge in [0.1, 0.15) is 11.8 Å². The molecule has 6 heteroatoms. The number of nitrogens with one attached hydrogen (secondary N) is 2. The summed E-state index contributed by atoms with van der Waals surface area (Å²) in [5, 5.41) is 12.7. The lowest BCUT2D eigenvalue weighted by Gasteiger charge is -2.06. The number of benzene rings is 1. The maximum atomic E-state index is 9.48. The van der Waals surface area contributed by atoms with Gasteiger partial charge in [0.25, 0.3) is 0 Å². The summed E-state index contributed by atoms with van der Waals surface area (Å²) in [6.45, 7) is 0.546. The van der Waals surface area contributed by atoms with Crippen molar-refractivity contribution in [1.29, 1.82) is 0 Å². The number of aliphatic hydroxyl groups is 1. The molecule has 6 nitrogen and oxygen atoms in total. The number of hydrogen-bond donors (Lipinski definition) is 3.